The Bertz CT molecular complexity index is 139. The molecule has 0 rings (SSSR count). The minimum Gasteiger partial charge on any atom is -0.197 e. The zero-order valence-electron chi connectivity index (χ0n) is 8.34. The molecule has 0 aromatic carbocycles. The predicted molar refractivity (Wildman–Crippen MR) is 56.2 cm³/mol. The van der Waals surface area contributed by atoms with Crippen molar-refractivity contribution in [1.29, 1.82) is 5.26 Å². The Morgan fingerprint density at radius 2 is 2.00 bits per heavy atom. The highest BCUT2D eigenvalue weighted by molar-refractivity contribution is 8.00. The molecule has 0 radical (unpaired) electrons. The molecule has 0 saturated carbocycles. The lowest BCUT2D eigenvalue weighted by Crippen LogP contribution is -2.12. The molecular formula is C10H19NS. The van der Waals surface area contributed by atoms with Crippen molar-refractivity contribution < 1.29 is 0 Å². The Kier molecular flexibility index (Phi) is 7.39. The molecule has 12 heavy (non-hydrogen) atoms. The van der Waals surface area contributed by atoms with E-state index in [-0.39, 0.29) is 5.25 Å². The van der Waals surface area contributed by atoms with Gasteiger partial charge in [-0.1, -0.05) is 27.2 Å². The number of nitrogens with zero attached hydrogens (tertiary/aromatic N) is 1. The van der Waals surface area contributed by atoms with E-state index >= 15 is 0 Å². The summed E-state index contributed by atoms with van der Waals surface area (Å²) in [4.78, 5) is 0. The van der Waals surface area contributed by atoms with Gasteiger partial charge in [0.05, 0.1) is 11.3 Å². The fourth-order valence-electron chi connectivity index (χ4n) is 1.18. The van der Waals surface area contributed by atoms with Crippen LogP contribution in [0.2, 0.25) is 0 Å². The lowest BCUT2D eigenvalue weighted by molar-refractivity contribution is 0.546. The third-order valence-corrected chi connectivity index (χ3v) is 3.46. The molecule has 0 heterocycles. The van der Waals surface area contributed by atoms with Gasteiger partial charge < -0.3 is 0 Å². The van der Waals surface area contributed by atoms with Crippen LogP contribution in [0.15, 0.2) is 0 Å². The van der Waals surface area contributed by atoms with Crippen LogP contribution in [0.25, 0.3) is 0 Å². The largest absolute Gasteiger partial charge is 0.197 e. The van der Waals surface area contributed by atoms with Crippen molar-refractivity contribution >= 4 is 11.8 Å². The molecule has 70 valence electrons. The summed E-state index contributed by atoms with van der Waals surface area (Å²) in [5, 5.41) is 9.09. The summed E-state index contributed by atoms with van der Waals surface area (Å²) in [5.74, 6) is 1.67. The van der Waals surface area contributed by atoms with Crippen molar-refractivity contribution in [3.63, 3.8) is 0 Å². The lowest BCUT2D eigenvalue weighted by atomic mass is 10.0. The molecule has 0 fully saturated rings. The van der Waals surface area contributed by atoms with E-state index in [4.69, 9.17) is 5.26 Å². The van der Waals surface area contributed by atoms with Crippen molar-refractivity contribution in [2.24, 2.45) is 5.92 Å². The third kappa shape index (κ3) is 4.66. The number of hydrogen-bond donors (Lipinski definition) is 0. The lowest BCUT2D eigenvalue weighted by Gasteiger charge is -2.15. The van der Waals surface area contributed by atoms with Gasteiger partial charge in [0.15, 0.2) is 0 Å². The van der Waals surface area contributed by atoms with E-state index in [0.717, 1.165) is 5.75 Å². The third-order valence-electron chi connectivity index (χ3n) is 1.89. The summed E-state index contributed by atoms with van der Waals surface area (Å²) in [6.07, 6.45) is 3.53. The summed E-state index contributed by atoms with van der Waals surface area (Å²) < 4.78 is 0. The molecule has 2 atom stereocenters. The van der Waals surface area contributed by atoms with E-state index in [0.29, 0.717) is 5.92 Å². The Hall–Kier alpha value is -0.160. The number of hydrogen-bond acceptors (Lipinski definition) is 2. The van der Waals surface area contributed by atoms with Gasteiger partial charge in [-0.15, -0.1) is 11.8 Å². The van der Waals surface area contributed by atoms with Crippen molar-refractivity contribution in [2.75, 3.05) is 5.75 Å². The second-order valence-electron chi connectivity index (χ2n) is 3.19. The van der Waals surface area contributed by atoms with Gasteiger partial charge in [-0.05, 0) is 24.5 Å². The molecule has 0 aromatic heterocycles. The van der Waals surface area contributed by atoms with Crippen molar-refractivity contribution in [3.8, 4) is 6.07 Å². The summed E-state index contributed by atoms with van der Waals surface area (Å²) >= 11 is 1.81. The number of nitriles is 1. The van der Waals surface area contributed by atoms with Crippen molar-refractivity contribution in [3.05, 3.63) is 0 Å². The number of rotatable bonds is 6. The molecule has 0 aliphatic rings. The van der Waals surface area contributed by atoms with E-state index in [9.17, 15) is 0 Å². The minimum atomic E-state index is 0.213. The maximum Gasteiger partial charge on any atom is 0.0942 e. The van der Waals surface area contributed by atoms with Gasteiger partial charge >= 0.3 is 0 Å². The van der Waals surface area contributed by atoms with Gasteiger partial charge in [0.1, 0.15) is 0 Å². The molecule has 0 N–H and O–H groups in total. The zero-order chi connectivity index (χ0) is 9.40. The fourth-order valence-corrected chi connectivity index (χ4v) is 2.21. The van der Waals surface area contributed by atoms with Crippen LogP contribution in [0, 0.1) is 17.2 Å². The second kappa shape index (κ2) is 7.49. The van der Waals surface area contributed by atoms with Gasteiger partial charge in [-0.25, -0.2) is 0 Å². The molecule has 2 heteroatoms. The van der Waals surface area contributed by atoms with Crippen LogP contribution < -0.4 is 0 Å². The molecule has 0 aliphatic heterocycles. The highest BCUT2D eigenvalue weighted by Crippen LogP contribution is 2.23. The maximum absolute atomic E-state index is 8.88. The van der Waals surface area contributed by atoms with Gasteiger partial charge in [0.2, 0.25) is 0 Å². The average molecular weight is 185 g/mol. The fraction of sp³-hybridized carbons (Fsp3) is 0.900. The van der Waals surface area contributed by atoms with Crippen LogP contribution in [0.4, 0.5) is 0 Å². The predicted octanol–water partition coefficient (Wildman–Crippen LogP) is 3.46. The summed E-state index contributed by atoms with van der Waals surface area (Å²) in [7, 11) is 0. The molecule has 0 aromatic rings. The molecule has 0 bridgehead atoms. The molecule has 0 amide bonds. The van der Waals surface area contributed by atoms with E-state index in [1.54, 1.807) is 0 Å². The Morgan fingerprint density at radius 1 is 1.33 bits per heavy atom. The molecule has 1 nitrogen and oxygen atoms in total. The molecule has 0 spiro atoms. The van der Waals surface area contributed by atoms with Gasteiger partial charge in [-0.2, -0.15) is 5.26 Å². The Morgan fingerprint density at radius 3 is 2.42 bits per heavy atom. The molecule has 2 unspecified atom stereocenters. The first kappa shape index (κ1) is 11.8. The van der Waals surface area contributed by atoms with Gasteiger partial charge in [0.25, 0.3) is 0 Å². The number of thioether (sulfide) groups is 1. The van der Waals surface area contributed by atoms with Crippen LogP contribution in [0.5, 0.6) is 0 Å². The van der Waals surface area contributed by atoms with Gasteiger partial charge in [-0.3, -0.25) is 0 Å². The van der Waals surface area contributed by atoms with E-state index in [2.05, 4.69) is 26.8 Å². The highest BCUT2D eigenvalue weighted by Gasteiger charge is 2.15. The first-order chi connectivity index (χ1) is 5.76. The molecular weight excluding hydrogens is 166 g/mol. The topological polar surface area (TPSA) is 23.8 Å². The van der Waals surface area contributed by atoms with Crippen LogP contribution in [-0.4, -0.2) is 11.0 Å². The van der Waals surface area contributed by atoms with Crippen LogP contribution in [-0.2, 0) is 0 Å². The molecule has 0 saturated heterocycles. The van der Waals surface area contributed by atoms with E-state index < -0.39 is 0 Å². The van der Waals surface area contributed by atoms with Crippen LogP contribution >= 0.6 is 11.8 Å². The van der Waals surface area contributed by atoms with Crippen molar-refractivity contribution in [2.45, 2.75) is 45.3 Å². The van der Waals surface area contributed by atoms with Crippen molar-refractivity contribution in [1.82, 2.24) is 0 Å². The summed E-state index contributed by atoms with van der Waals surface area (Å²) in [6, 6.07) is 2.38. The monoisotopic (exact) mass is 185 g/mol. The first-order valence-corrected chi connectivity index (χ1v) is 5.82. The summed E-state index contributed by atoms with van der Waals surface area (Å²) in [5.41, 5.74) is 0. The van der Waals surface area contributed by atoms with E-state index in [1.165, 1.54) is 19.3 Å². The van der Waals surface area contributed by atoms with Crippen LogP contribution in [0.3, 0.4) is 0 Å². The SMILES string of the molecule is CCCSC(C#N)C(C)CCC. The Labute approximate surface area is 80.5 Å². The van der Waals surface area contributed by atoms with Crippen LogP contribution in [0.1, 0.15) is 40.0 Å². The quantitative estimate of drug-likeness (QED) is 0.632. The van der Waals surface area contributed by atoms with E-state index in [1.807, 2.05) is 11.8 Å². The highest BCUT2D eigenvalue weighted by atomic mass is 32.2. The Balaban J connectivity index is 3.73. The maximum atomic E-state index is 8.88. The average Bonchev–Trinajstić information content (AvgIpc) is 2.06. The smallest absolute Gasteiger partial charge is 0.0942 e. The standard InChI is InChI=1S/C10H19NS/c1-4-6-9(3)10(8-11)12-7-5-2/h9-10H,4-7H2,1-3H3. The molecule has 0 aliphatic carbocycles. The first-order valence-electron chi connectivity index (χ1n) is 4.77. The zero-order valence-corrected chi connectivity index (χ0v) is 9.16. The second-order valence-corrected chi connectivity index (χ2v) is 4.44. The normalized spacial score (nSPS) is 15.2. The minimum absolute atomic E-state index is 0.213. The van der Waals surface area contributed by atoms with Gasteiger partial charge in [0, 0.05) is 0 Å². The summed E-state index contributed by atoms with van der Waals surface area (Å²) in [6.45, 7) is 6.52.